The van der Waals surface area contributed by atoms with Gasteiger partial charge in [0.1, 0.15) is 16.5 Å². The summed E-state index contributed by atoms with van der Waals surface area (Å²) in [6.07, 6.45) is 3.02. The number of nitrogens with one attached hydrogen (secondary N) is 1. The van der Waals surface area contributed by atoms with E-state index in [2.05, 4.69) is 15.5 Å². The Bertz CT molecular complexity index is 806. The highest BCUT2D eigenvalue weighted by Gasteiger charge is 2.07. The van der Waals surface area contributed by atoms with Gasteiger partial charge in [0.15, 0.2) is 0 Å². The second-order valence-corrected chi connectivity index (χ2v) is 5.53. The summed E-state index contributed by atoms with van der Waals surface area (Å²) in [5.74, 6) is 1.16. The van der Waals surface area contributed by atoms with Crippen molar-refractivity contribution in [3.05, 3.63) is 60.1 Å². The number of furan rings is 1. The molecule has 0 unspecified atom stereocenters. The molecule has 0 bridgehead atoms. The van der Waals surface area contributed by atoms with Crippen molar-refractivity contribution in [3.63, 3.8) is 0 Å². The quantitative estimate of drug-likeness (QED) is 0.745. The number of rotatable bonds is 4. The maximum absolute atomic E-state index is 11.8. The number of benzene rings is 1. The highest BCUT2D eigenvalue weighted by molar-refractivity contribution is 7.18. The van der Waals surface area contributed by atoms with E-state index in [1.165, 1.54) is 17.4 Å². The molecule has 5 nitrogen and oxygen atoms in total. The molecule has 110 valence electrons. The summed E-state index contributed by atoms with van der Waals surface area (Å²) < 4.78 is 5.35. The van der Waals surface area contributed by atoms with Crippen molar-refractivity contribution in [2.75, 3.05) is 5.32 Å². The van der Waals surface area contributed by atoms with Crippen molar-refractivity contribution in [1.82, 2.24) is 10.2 Å². The molecule has 0 radical (unpaired) electrons. The first-order valence-electron chi connectivity index (χ1n) is 6.65. The van der Waals surface area contributed by atoms with Gasteiger partial charge < -0.3 is 4.42 Å². The molecule has 2 heterocycles. The van der Waals surface area contributed by atoms with E-state index < -0.39 is 0 Å². The number of hydrogen-bond acceptors (Lipinski definition) is 5. The van der Waals surface area contributed by atoms with Crippen LogP contribution < -0.4 is 5.32 Å². The normalized spacial score (nSPS) is 11.0. The van der Waals surface area contributed by atoms with Crippen LogP contribution in [-0.2, 0) is 4.79 Å². The van der Waals surface area contributed by atoms with E-state index in [0.717, 1.165) is 16.3 Å². The van der Waals surface area contributed by atoms with Crippen LogP contribution in [0.15, 0.2) is 53.0 Å². The largest absolute Gasteiger partial charge is 0.462 e. The monoisotopic (exact) mass is 311 g/mol. The Morgan fingerprint density at radius 1 is 1.18 bits per heavy atom. The fourth-order valence-electron chi connectivity index (χ4n) is 1.82. The number of hydrogen-bond donors (Lipinski definition) is 1. The van der Waals surface area contributed by atoms with Crippen molar-refractivity contribution in [2.45, 2.75) is 6.92 Å². The summed E-state index contributed by atoms with van der Waals surface area (Å²) in [4.78, 5) is 11.8. The first-order chi connectivity index (χ1) is 10.7. The fraction of sp³-hybridized carbons (Fsp3) is 0.0625. The van der Waals surface area contributed by atoms with Crippen LogP contribution in [0.5, 0.6) is 0 Å². The molecule has 0 aliphatic heterocycles. The highest BCUT2D eigenvalue weighted by atomic mass is 32.1. The van der Waals surface area contributed by atoms with Crippen molar-refractivity contribution in [3.8, 4) is 10.6 Å². The van der Waals surface area contributed by atoms with Gasteiger partial charge in [-0.15, -0.1) is 10.2 Å². The summed E-state index contributed by atoms with van der Waals surface area (Å²) in [6, 6.07) is 13.4. The average Bonchev–Trinajstić information content (AvgIpc) is 3.15. The van der Waals surface area contributed by atoms with Crippen LogP contribution in [0.3, 0.4) is 0 Å². The van der Waals surface area contributed by atoms with Crippen LogP contribution in [-0.4, -0.2) is 16.1 Å². The third kappa shape index (κ3) is 3.48. The average molecular weight is 311 g/mol. The Kier molecular flexibility index (Phi) is 4.11. The fourth-order valence-corrected chi connectivity index (χ4v) is 2.57. The lowest BCUT2D eigenvalue weighted by Crippen LogP contribution is -2.07. The molecule has 3 aromatic rings. The molecule has 22 heavy (non-hydrogen) atoms. The topological polar surface area (TPSA) is 68.0 Å². The smallest absolute Gasteiger partial charge is 0.250 e. The van der Waals surface area contributed by atoms with Crippen molar-refractivity contribution < 1.29 is 9.21 Å². The SMILES string of the molecule is Cc1ccc(/C=C/C(=O)Nc2nnc(-c3ccccc3)s2)o1. The molecule has 0 saturated carbocycles. The zero-order valence-electron chi connectivity index (χ0n) is 11.8. The van der Waals surface area contributed by atoms with Crippen LogP contribution in [0.2, 0.25) is 0 Å². The second-order valence-electron chi connectivity index (χ2n) is 4.55. The number of anilines is 1. The van der Waals surface area contributed by atoms with Gasteiger partial charge in [-0.2, -0.15) is 0 Å². The lowest BCUT2D eigenvalue weighted by atomic mass is 10.2. The van der Waals surface area contributed by atoms with Gasteiger partial charge >= 0.3 is 0 Å². The lowest BCUT2D eigenvalue weighted by Gasteiger charge is -1.94. The van der Waals surface area contributed by atoms with Gasteiger partial charge in [0.25, 0.3) is 0 Å². The standard InChI is InChI=1S/C16H13N3O2S/c1-11-7-8-13(21-11)9-10-14(20)17-16-19-18-15(22-16)12-5-3-2-4-6-12/h2-10H,1H3,(H,17,19,20)/b10-9+. The molecule has 1 N–H and O–H groups in total. The maximum atomic E-state index is 11.8. The zero-order valence-corrected chi connectivity index (χ0v) is 12.6. The first kappa shape index (κ1) is 14.2. The van der Waals surface area contributed by atoms with Gasteiger partial charge in [0.2, 0.25) is 11.0 Å². The van der Waals surface area contributed by atoms with Crippen molar-refractivity contribution in [2.24, 2.45) is 0 Å². The molecule has 1 aromatic carbocycles. The van der Waals surface area contributed by atoms with E-state index in [4.69, 9.17) is 4.42 Å². The predicted octanol–water partition coefficient (Wildman–Crippen LogP) is 3.76. The number of amides is 1. The molecule has 0 spiro atoms. The van der Waals surface area contributed by atoms with Crippen molar-refractivity contribution >= 4 is 28.5 Å². The lowest BCUT2D eigenvalue weighted by molar-refractivity contribution is -0.111. The molecule has 0 saturated heterocycles. The Hall–Kier alpha value is -2.73. The van der Waals surface area contributed by atoms with Gasteiger partial charge in [0, 0.05) is 11.6 Å². The molecule has 1 amide bonds. The maximum Gasteiger partial charge on any atom is 0.250 e. The number of aromatic nitrogens is 2. The minimum absolute atomic E-state index is 0.273. The third-order valence-electron chi connectivity index (χ3n) is 2.84. The summed E-state index contributed by atoms with van der Waals surface area (Å²) >= 11 is 1.33. The molecule has 0 atom stereocenters. The van der Waals surface area contributed by atoms with E-state index in [0.29, 0.717) is 10.9 Å². The van der Waals surface area contributed by atoms with Crippen molar-refractivity contribution in [1.29, 1.82) is 0 Å². The van der Waals surface area contributed by atoms with E-state index in [1.807, 2.05) is 43.3 Å². The van der Waals surface area contributed by atoms with E-state index in [1.54, 1.807) is 12.1 Å². The second kappa shape index (κ2) is 6.36. The van der Waals surface area contributed by atoms with Gasteiger partial charge in [-0.05, 0) is 25.1 Å². The Balaban J connectivity index is 1.65. The first-order valence-corrected chi connectivity index (χ1v) is 7.47. The van der Waals surface area contributed by atoms with E-state index in [-0.39, 0.29) is 5.91 Å². The van der Waals surface area contributed by atoms with Gasteiger partial charge in [0.05, 0.1) is 0 Å². The predicted molar refractivity (Wildman–Crippen MR) is 86.5 cm³/mol. The summed E-state index contributed by atoms with van der Waals surface area (Å²) in [7, 11) is 0. The van der Waals surface area contributed by atoms with Crippen LogP contribution in [0.25, 0.3) is 16.6 Å². The van der Waals surface area contributed by atoms with E-state index in [9.17, 15) is 4.79 Å². The molecule has 0 aliphatic carbocycles. The highest BCUT2D eigenvalue weighted by Crippen LogP contribution is 2.25. The number of nitrogens with zero attached hydrogens (tertiary/aromatic N) is 2. The Morgan fingerprint density at radius 2 is 2.00 bits per heavy atom. The van der Waals surface area contributed by atoms with Crippen LogP contribution in [0.1, 0.15) is 11.5 Å². The minimum Gasteiger partial charge on any atom is -0.462 e. The third-order valence-corrected chi connectivity index (χ3v) is 3.72. The number of carbonyl (C=O) groups excluding carboxylic acids is 1. The zero-order chi connectivity index (χ0) is 15.4. The van der Waals surface area contributed by atoms with Crippen LogP contribution in [0, 0.1) is 6.92 Å². The van der Waals surface area contributed by atoms with E-state index >= 15 is 0 Å². The van der Waals surface area contributed by atoms with Crippen LogP contribution in [0.4, 0.5) is 5.13 Å². The molecular weight excluding hydrogens is 298 g/mol. The summed E-state index contributed by atoms with van der Waals surface area (Å²) in [6.45, 7) is 1.85. The molecule has 0 fully saturated rings. The Labute approximate surface area is 131 Å². The minimum atomic E-state index is -0.273. The van der Waals surface area contributed by atoms with Gasteiger partial charge in [-0.1, -0.05) is 41.7 Å². The van der Waals surface area contributed by atoms with Crippen LogP contribution >= 0.6 is 11.3 Å². The number of carbonyl (C=O) groups is 1. The molecule has 6 heteroatoms. The summed E-state index contributed by atoms with van der Waals surface area (Å²) in [5.41, 5.74) is 0.974. The molecule has 2 aromatic heterocycles. The molecular formula is C16H13N3O2S. The van der Waals surface area contributed by atoms with Gasteiger partial charge in [-0.25, -0.2) is 0 Å². The molecule has 0 aliphatic rings. The Morgan fingerprint density at radius 3 is 2.73 bits per heavy atom. The number of aryl methyl sites for hydroxylation is 1. The summed E-state index contributed by atoms with van der Waals surface area (Å²) in [5, 5.41) is 12.0. The molecule has 3 rings (SSSR count). The van der Waals surface area contributed by atoms with Gasteiger partial charge in [-0.3, -0.25) is 10.1 Å².